The van der Waals surface area contributed by atoms with Crippen LogP contribution in [0.25, 0.3) is 0 Å². The molecule has 0 atom stereocenters. The van der Waals surface area contributed by atoms with Gasteiger partial charge in [0.2, 0.25) is 10.1 Å². The van der Waals surface area contributed by atoms with Crippen molar-refractivity contribution in [3.05, 3.63) is 5.01 Å². The Bertz CT molecular complexity index is 343. The fraction of sp³-hybridized carbons (Fsp3) is 0.750. The van der Waals surface area contributed by atoms with Crippen LogP contribution in [0.4, 0.5) is 18.3 Å². The minimum Gasteiger partial charge on any atom is -0.357 e. The van der Waals surface area contributed by atoms with Gasteiger partial charge >= 0.3 is 6.18 Å². The van der Waals surface area contributed by atoms with Crippen molar-refractivity contribution < 1.29 is 13.2 Å². The van der Waals surface area contributed by atoms with Gasteiger partial charge in [0.1, 0.15) is 0 Å². The summed E-state index contributed by atoms with van der Waals surface area (Å²) in [6.07, 6.45) is -2.41. The first-order valence-electron chi connectivity index (χ1n) is 4.62. The topological polar surface area (TPSA) is 37.8 Å². The van der Waals surface area contributed by atoms with Crippen LogP contribution >= 0.6 is 11.3 Å². The van der Waals surface area contributed by atoms with Gasteiger partial charge in [0.25, 0.3) is 0 Å². The predicted molar refractivity (Wildman–Crippen MR) is 50.7 cm³/mol. The zero-order chi connectivity index (χ0) is 11.1. The van der Waals surface area contributed by atoms with Crippen molar-refractivity contribution >= 4 is 16.5 Å². The second kappa shape index (κ2) is 3.62. The van der Waals surface area contributed by atoms with Crippen molar-refractivity contribution in [2.45, 2.75) is 32.0 Å². The van der Waals surface area contributed by atoms with Gasteiger partial charge in [-0.15, -0.1) is 10.2 Å². The van der Waals surface area contributed by atoms with Gasteiger partial charge in [-0.25, -0.2) is 0 Å². The maximum absolute atomic E-state index is 12.2. The molecular weight excluding hydrogens is 227 g/mol. The number of rotatable bonds is 2. The summed E-state index contributed by atoms with van der Waals surface area (Å²) >= 11 is 0.560. The standard InChI is InChI=1S/C8H10F3N3S/c1-4-2-5(3-4)12-7-14-13-6(15-7)8(9,10)11/h4-5H,2-3H2,1H3,(H,12,14). The lowest BCUT2D eigenvalue weighted by atomic mass is 9.82. The van der Waals surface area contributed by atoms with Gasteiger partial charge in [-0.1, -0.05) is 18.3 Å². The summed E-state index contributed by atoms with van der Waals surface area (Å²) in [5.41, 5.74) is 0. The van der Waals surface area contributed by atoms with Gasteiger partial charge in [0.15, 0.2) is 0 Å². The van der Waals surface area contributed by atoms with Crippen molar-refractivity contribution in [1.29, 1.82) is 0 Å². The highest BCUT2D eigenvalue weighted by molar-refractivity contribution is 7.15. The van der Waals surface area contributed by atoms with Gasteiger partial charge in [0.05, 0.1) is 0 Å². The van der Waals surface area contributed by atoms with Gasteiger partial charge in [-0.2, -0.15) is 13.2 Å². The molecule has 0 radical (unpaired) electrons. The number of anilines is 1. The van der Waals surface area contributed by atoms with E-state index >= 15 is 0 Å². The predicted octanol–water partition coefficient (Wildman–Crippen LogP) is 2.77. The van der Waals surface area contributed by atoms with Crippen LogP contribution < -0.4 is 5.32 Å². The molecule has 0 spiro atoms. The van der Waals surface area contributed by atoms with E-state index in [4.69, 9.17) is 0 Å². The molecule has 0 aromatic carbocycles. The molecule has 7 heteroatoms. The Morgan fingerprint density at radius 3 is 2.47 bits per heavy atom. The Labute approximate surface area is 88.7 Å². The first-order chi connectivity index (χ1) is 6.95. The zero-order valence-corrected chi connectivity index (χ0v) is 8.82. The van der Waals surface area contributed by atoms with Crippen molar-refractivity contribution in [2.75, 3.05) is 5.32 Å². The number of halogens is 3. The van der Waals surface area contributed by atoms with Gasteiger partial charge in [-0.3, -0.25) is 0 Å². The molecule has 0 amide bonds. The third-order valence-corrected chi connectivity index (χ3v) is 3.27. The summed E-state index contributed by atoms with van der Waals surface area (Å²) in [5.74, 6) is 0.650. The molecule has 1 aromatic rings. The highest BCUT2D eigenvalue weighted by atomic mass is 32.1. The normalized spacial score (nSPS) is 26.1. The summed E-state index contributed by atoms with van der Waals surface area (Å²) in [7, 11) is 0. The van der Waals surface area contributed by atoms with Crippen LogP contribution in [0.15, 0.2) is 0 Å². The van der Waals surface area contributed by atoms with E-state index in [1.54, 1.807) is 0 Å². The molecule has 2 rings (SSSR count). The molecule has 0 bridgehead atoms. The van der Waals surface area contributed by atoms with Crippen LogP contribution in [0.3, 0.4) is 0 Å². The summed E-state index contributed by atoms with van der Waals surface area (Å²) < 4.78 is 36.5. The van der Waals surface area contributed by atoms with E-state index < -0.39 is 11.2 Å². The van der Waals surface area contributed by atoms with Crippen molar-refractivity contribution in [2.24, 2.45) is 5.92 Å². The van der Waals surface area contributed by atoms with Gasteiger partial charge < -0.3 is 5.32 Å². The second-order valence-electron chi connectivity index (χ2n) is 3.83. The molecule has 1 heterocycles. The lowest BCUT2D eigenvalue weighted by Crippen LogP contribution is -2.33. The quantitative estimate of drug-likeness (QED) is 0.859. The average molecular weight is 237 g/mol. The Balaban J connectivity index is 1.96. The van der Waals surface area contributed by atoms with E-state index in [0.717, 1.165) is 12.8 Å². The van der Waals surface area contributed by atoms with Crippen LogP contribution in [-0.2, 0) is 6.18 Å². The minimum atomic E-state index is -4.38. The van der Waals surface area contributed by atoms with Crippen molar-refractivity contribution in [1.82, 2.24) is 10.2 Å². The Hall–Kier alpha value is -0.850. The summed E-state index contributed by atoms with van der Waals surface area (Å²) in [6.45, 7) is 2.11. The third-order valence-electron chi connectivity index (χ3n) is 2.37. The van der Waals surface area contributed by atoms with Crippen molar-refractivity contribution in [3.63, 3.8) is 0 Å². The molecule has 3 nitrogen and oxygen atoms in total. The van der Waals surface area contributed by atoms with E-state index in [1.807, 2.05) is 0 Å². The highest BCUT2D eigenvalue weighted by Gasteiger charge is 2.36. The molecule has 1 aromatic heterocycles. The number of alkyl halides is 3. The smallest absolute Gasteiger partial charge is 0.357 e. The summed E-state index contributed by atoms with van der Waals surface area (Å²) in [6, 6.07) is 0.258. The molecular formula is C8H10F3N3S. The van der Waals surface area contributed by atoms with E-state index in [9.17, 15) is 13.2 Å². The van der Waals surface area contributed by atoms with Gasteiger partial charge in [0, 0.05) is 6.04 Å². The monoisotopic (exact) mass is 237 g/mol. The Morgan fingerprint density at radius 2 is 2.00 bits per heavy atom. The number of nitrogens with one attached hydrogen (secondary N) is 1. The first-order valence-corrected chi connectivity index (χ1v) is 5.44. The summed E-state index contributed by atoms with van der Waals surface area (Å²) in [4.78, 5) is 0. The number of nitrogens with zero attached hydrogens (tertiary/aromatic N) is 2. The highest BCUT2D eigenvalue weighted by Crippen LogP contribution is 2.35. The lowest BCUT2D eigenvalue weighted by Gasteiger charge is -2.32. The number of hydrogen-bond acceptors (Lipinski definition) is 4. The maximum atomic E-state index is 12.2. The number of hydrogen-bond donors (Lipinski definition) is 1. The Kier molecular flexibility index (Phi) is 2.57. The molecule has 15 heavy (non-hydrogen) atoms. The minimum absolute atomic E-state index is 0.258. The SMILES string of the molecule is CC1CC(Nc2nnc(C(F)(F)F)s2)C1. The van der Waals surface area contributed by atoms with Crippen LogP contribution in [0.2, 0.25) is 0 Å². The molecule has 1 saturated carbocycles. The molecule has 1 N–H and O–H groups in total. The lowest BCUT2D eigenvalue weighted by molar-refractivity contribution is -0.138. The number of aromatic nitrogens is 2. The maximum Gasteiger partial charge on any atom is 0.445 e. The molecule has 0 unspecified atom stereocenters. The molecule has 0 saturated heterocycles. The molecule has 0 aliphatic heterocycles. The van der Waals surface area contributed by atoms with E-state index in [1.165, 1.54) is 0 Å². The molecule has 84 valence electrons. The summed E-state index contributed by atoms with van der Waals surface area (Å²) in [5, 5.41) is 8.88. The van der Waals surface area contributed by atoms with Crippen LogP contribution in [0.5, 0.6) is 0 Å². The van der Waals surface area contributed by atoms with E-state index in [0.29, 0.717) is 17.3 Å². The van der Waals surface area contributed by atoms with Gasteiger partial charge in [-0.05, 0) is 18.8 Å². The van der Waals surface area contributed by atoms with Crippen LogP contribution in [0, 0.1) is 5.92 Å². The van der Waals surface area contributed by atoms with Crippen molar-refractivity contribution in [3.8, 4) is 0 Å². The van der Waals surface area contributed by atoms with Crippen LogP contribution in [-0.4, -0.2) is 16.2 Å². The Morgan fingerprint density at radius 1 is 1.33 bits per heavy atom. The molecule has 1 fully saturated rings. The van der Waals surface area contributed by atoms with Crippen LogP contribution in [0.1, 0.15) is 24.8 Å². The molecule has 1 aliphatic carbocycles. The largest absolute Gasteiger partial charge is 0.445 e. The zero-order valence-electron chi connectivity index (χ0n) is 8.01. The fourth-order valence-corrected chi connectivity index (χ4v) is 2.28. The van der Waals surface area contributed by atoms with E-state index in [-0.39, 0.29) is 11.2 Å². The third kappa shape index (κ3) is 2.39. The molecule has 1 aliphatic rings. The van der Waals surface area contributed by atoms with E-state index in [2.05, 4.69) is 22.4 Å². The first kappa shape index (κ1) is 10.7. The fourth-order valence-electron chi connectivity index (χ4n) is 1.59. The second-order valence-corrected chi connectivity index (χ2v) is 4.81. The average Bonchev–Trinajstić information content (AvgIpc) is 2.49.